The normalized spacial score (nSPS) is 26.9. The Bertz CT molecular complexity index is 917. The molecule has 2 atom stereocenters. The highest BCUT2D eigenvalue weighted by Crippen LogP contribution is 2.52. The molecule has 0 N–H and O–H groups in total. The van der Waals surface area contributed by atoms with Crippen molar-refractivity contribution in [1.82, 2.24) is 14.7 Å². The maximum Gasteiger partial charge on any atom is 0.254 e. The number of benzene rings is 1. The fraction of sp³-hybridized carbons (Fsp3) is 0.667. The van der Waals surface area contributed by atoms with Crippen LogP contribution in [0.5, 0.6) is 0 Å². The van der Waals surface area contributed by atoms with Gasteiger partial charge in [0.25, 0.3) is 5.91 Å². The van der Waals surface area contributed by atoms with Crippen molar-refractivity contribution in [3.63, 3.8) is 0 Å². The number of hydrogen-bond donors (Lipinski definition) is 0. The third kappa shape index (κ3) is 5.10. The van der Waals surface area contributed by atoms with E-state index in [1.165, 1.54) is 6.42 Å². The molecule has 180 valence electrons. The number of carbonyl (C=O) groups is 3. The van der Waals surface area contributed by atoms with Crippen molar-refractivity contribution in [2.24, 2.45) is 16.7 Å². The van der Waals surface area contributed by atoms with Gasteiger partial charge in [0.2, 0.25) is 11.8 Å². The molecule has 1 aliphatic carbocycles. The molecule has 0 radical (unpaired) electrons. The Labute approximate surface area is 198 Å². The summed E-state index contributed by atoms with van der Waals surface area (Å²) in [5.74, 6) is 0.332. The number of nitrogens with zero attached hydrogens (tertiary/aromatic N) is 3. The Morgan fingerprint density at radius 2 is 1.67 bits per heavy atom. The average molecular weight is 454 g/mol. The summed E-state index contributed by atoms with van der Waals surface area (Å²) in [5, 5.41) is 0. The van der Waals surface area contributed by atoms with Gasteiger partial charge in [0, 0.05) is 57.7 Å². The molecular weight excluding hydrogens is 414 g/mol. The quantitative estimate of drug-likeness (QED) is 0.694. The first kappa shape index (κ1) is 23.8. The highest BCUT2D eigenvalue weighted by molar-refractivity contribution is 5.94. The molecule has 0 spiro atoms. The summed E-state index contributed by atoms with van der Waals surface area (Å²) >= 11 is 0. The van der Waals surface area contributed by atoms with Crippen molar-refractivity contribution in [3.05, 3.63) is 35.4 Å². The first-order valence-corrected chi connectivity index (χ1v) is 12.4. The van der Waals surface area contributed by atoms with Gasteiger partial charge in [-0.3, -0.25) is 14.4 Å². The topological polar surface area (TPSA) is 60.9 Å². The maximum absolute atomic E-state index is 13.3. The van der Waals surface area contributed by atoms with Crippen LogP contribution in [0, 0.1) is 16.7 Å². The van der Waals surface area contributed by atoms with E-state index >= 15 is 0 Å². The molecule has 2 unspecified atom stereocenters. The standard InChI is InChI=1S/C27H39N3O3/c1-19(31)29-12-10-22(11-13-29)24(32)28(5)16-20-6-8-21(9-7-20)25(33)30-18-27(4)15-23(30)14-26(2,3)17-27/h6-9,22-23H,10-18H2,1-5H3. The van der Waals surface area contributed by atoms with Crippen LogP contribution in [0.3, 0.4) is 0 Å². The van der Waals surface area contributed by atoms with Gasteiger partial charge in [-0.2, -0.15) is 0 Å². The van der Waals surface area contributed by atoms with E-state index in [4.69, 9.17) is 0 Å². The Morgan fingerprint density at radius 3 is 2.27 bits per heavy atom. The summed E-state index contributed by atoms with van der Waals surface area (Å²) in [6.07, 6.45) is 4.81. The van der Waals surface area contributed by atoms with E-state index < -0.39 is 0 Å². The Balaban J connectivity index is 1.34. The zero-order chi connectivity index (χ0) is 24.0. The van der Waals surface area contributed by atoms with E-state index in [1.54, 1.807) is 11.8 Å². The summed E-state index contributed by atoms with van der Waals surface area (Å²) in [5.41, 5.74) is 2.28. The van der Waals surface area contributed by atoms with Crippen LogP contribution in [0.15, 0.2) is 24.3 Å². The third-order valence-electron chi connectivity index (χ3n) is 7.96. The molecule has 33 heavy (non-hydrogen) atoms. The molecular formula is C27H39N3O3. The molecule has 6 nitrogen and oxygen atoms in total. The smallest absolute Gasteiger partial charge is 0.254 e. The van der Waals surface area contributed by atoms with Crippen molar-refractivity contribution in [3.8, 4) is 0 Å². The van der Waals surface area contributed by atoms with E-state index in [1.807, 2.05) is 36.2 Å². The highest BCUT2D eigenvalue weighted by Gasteiger charge is 2.51. The molecule has 1 aromatic rings. The van der Waals surface area contributed by atoms with Gasteiger partial charge in [-0.25, -0.2) is 0 Å². The van der Waals surface area contributed by atoms with Gasteiger partial charge in [-0.05, 0) is 60.6 Å². The van der Waals surface area contributed by atoms with E-state index in [0.29, 0.717) is 25.7 Å². The first-order chi connectivity index (χ1) is 15.5. The fourth-order valence-corrected chi connectivity index (χ4v) is 6.72. The molecule has 3 aliphatic rings. The Kier molecular flexibility index (Phi) is 6.32. The van der Waals surface area contributed by atoms with Gasteiger partial charge < -0.3 is 14.7 Å². The SMILES string of the molecule is CC(=O)N1CCC(C(=O)N(C)Cc2ccc(C(=O)N3CC4(C)CC3CC(C)(C)C4)cc2)CC1. The first-order valence-electron chi connectivity index (χ1n) is 12.4. The number of fused-ring (bicyclic) bond motifs is 2. The predicted octanol–water partition coefficient (Wildman–Crippen LogP) is 3.94. The predicted molar refractivity (Wildman–Crippen MR) is 128 cm³/mol. The largest absolute Gasteiger partial charge is 0.343 e. The molecule has 6 heteroatoms. The lowest BCUT2D eigenvalue weighted by molar-refractivity contribution is -0.139. The molecule has 3 amide bonds. The molecule has 2 aliphatic heterocycles. The van der Waals surface area contributed by atoms with Gasteiger partial charge in [0.15, 0.2) is 0 Å². The fourth-order valence-electron chi connectivity index (χ4n) is 6.72. The molecule has 2 saturated heterocycles. The number of likely N-dealkylation sites (tertiary alicyclic amines) is 2. The van der Waals surface area contributed by atoms with Gasteiger partial charge >= 0.3 is 0 Å². The van der Waals surface area contributed by atoms with Crippen LogP contribution < -0.4 is 0 Å². The number of rotatable bonds is 4. The summed E-state index contributed by atoms with van der Waals surface area (Å²) < 4.78 is 0. The molecule has 0 aromatic heterocycles. The Morgan fingerprint density at radius 1 is 1.03 bits per heavy atom. The second-order valence-corrected chi connectivity index (χ2v) is 11.8. The average Bonchev–Trinajstić information content (AvgIpc) is 3.01. The molecule has 3 fully saturated rings. The minimum absolute atomic E-state index is 0.0217. The van der Waals surface area contributed by atoms with E-state index in [-0.39, 0.29) is 34.5 Å². The number of carbonyl (C=O) groups excluding carboxylic acids is 3. The number of piperidine rings is 1. The van der Waals surface area contributed by atoms with E-state index in [2.05, 4.69) is 25.7 Å². The van der Waals surface area contributed by atoms with Crippen LogP contribution in [0.1, 0.15) is 75.7 Å². The second-order valence-electron chi connectivity index (χ2n) is 11.8. The monoisotopic (exact) mass is 453 g/mol. The van der Waals surface area contributed by atoms with Gasteiger partial charge in [0.05, 0.1) is 0 Å². The van der Waals surface area contributed by atoms with Crippen LogP contribution in [-0.2, 0) is 16.1 Å². The van der Waals surface area contributed by atoms with Crippen LogP contribution in [0.25, 0.3) is 0 Å². The summed E-state index contributed by atoms with van der Waals surface area (Å²) in [6.45, 7) is 11.2. The van der Waals surface area contributed by atoms with Gasteiger partial charge in [0.1, 0.15) is 0 Å². The van der Waals surface area contributed by atoms with Crippen molar-refractivity contribution >= 4 is 17.7 Å². The summed E-state index contributed by atoms with van der Waals surface area (Å²) in [4.78, 5) is 43.4. The third-order valence-corrected chi connectivity index (χ3v) is 7.96. The van der Waals surface area contributed by atoms with Crippen LogP contribution in [0.2, 0.25) is 0 Å². The van der Waals surface area contributed by atoms with E-state index in [9.17, 15) is 14.4 Å². The molecule has 2 bridgehead atoms. The lowest BCUT2D eigenvalue weighted by atomic mass is 9.65. The van der Waals surface area contributed by atoms with Crippen molar-refractivity contribution in [2.45, 2.75) is 72.4 Å². The van der Waals surface area contributed by atoms with E-state index in [0.717, 1.165) is 43.4 Å². The zero-order valence-corrected chi connectivity index (χ0v) is 20.9. The molecule has 2 heterocycles. The van der Waals surface area contributed by atoms with Crippen LogP contribution in [0.4, 0.5) is 0 Å². The lowest BCUT2D eigenvalue weighted by Gasteiger charge is -2.39. The zero-order valence-electron chi connectivity index (χ0n) is 20.9. The second kappa shape index (κ2) is 8.77. The molecule has 4 rings (SSSR count). The number of hydrogen-bond acceptors (Lipinski definition) is 3. The maximum atomic E-state index is 13.3. The minimum Gasteiger partial charge on any atom is -0.343 e. The molecule has 1 saturated carbocycles. The van der Waals surface area contributed by atoms with Crippen molar-refractivity contribution in [2.75, 3.05) is 26.7 Å². The van der Waals surface area contributed by atoms with Crippen LogP contribution in [-0.4, -0.2) is 65.1 Å². The highest BCUT2D eigenvalue weighted by atomic mass is 16.2. The Hall–Kier alpha value is -2.37. The molecule has 1 aromatic carbocycles. The lowest BCUT2D eigenvalue weighted by Crippen LogP contribution is -2.42. The summed E-state index contributed by atoms with van der Waals surface area (Å²) in [6, 6.07) is 8.12. The summed E-state index contributed by atoms with van der Waals surface area (Å²) in [7, 11) is 1.84. The van der Waals surface area contributed by atoms with Crippen molar-refractivity contribution < 1.29 is 14.4 Å². The van der Waals surface area contributed by atoms with Gasteiger partial charge in [-0.15, -0.1) is 0 Å². The van der Waals surface area contributed by atoms with Crippen LogP contribution >= 0.6 is 0 Å². The van der Waals surface area contributed by atoms with Crippen molar-refractivity contribution in [1.29, 1.82) is 0 Å². The number of amides is 3. The minimum atomic E-state index is -0.0217. The van der Waals surface area contributed by atoms with Gasteiger partial charge in [-0.1, -0.05) is 32.9 Å².